The summed E-state index contributed by atoms with van der Waals surface area (Å²) in [5, 5.41) is 2.95. The number of nitrogens with one attached hydrogen (secondary N) is 1. The molecule has 1 N–H and O–H groups in total. The highest BCUT2D eigenvalue weighted by atomic mass is 32.2. The third kappa shape index (κ3) is 6.46. The van der Waals surface area contributed by atoms with Crippen LogP contribution >= 0.6 is 0 Å². The molecule has 0 spiro atoms. The minimum Gasteiger partial charge on any atom is -0.455 e. The second-order valence-electron chi connectivity index (χ2n) is 8.50. The molecule has 0 radical (unpaired) electrons. The van der Waals surface area contributed by atoms with Crippen molar-refractivity contribution in [2.24, 2.45) is 5.92 Å². The molecule has 7 heteroatoms. The molecule has 1 fully saturated rings. The number of rotatable bonds is 9. The molecule has 6 nitrogen and oxygen atoms in total. The first-order valence-electron chi connectivity index (χ1n) is 11.7. The first-order chi connectivity index (χ1) is 16.5. The van der Waals surface area contributed by atoms with E-state index in [-0.39, 0.29) is 18.2 Å². The monoisotopic (exact) mass is 478 g/mol. The summed E-state index contributed by atoms with van der Waals surface area (Å²) in [5.74, 6) is 0.720. The van der Waals surface area contributed by atoms with Crippen LogP contribution in [0.25, 0.3) is 0 Å². The van der Waals surface area contributed by atoms with Gasteiger partial charge in [-0.15, -0.1) is 0 Å². The number of ether oxygens (including phenoxy) is 1. The molecule has 0 aromatic heterocycles. The largest absolute Gasteiger partial charge is 0.455 e. The first-order valence-corrected chi connectivity index (χ1v) is 13.3. The maximum atomic E-state index is 13.1. The quantitative estimate of drug-likeness (QED) is 0.465. The van der Waals surface area contributed by atoms with Gasteiger partial charge in [0.05, 0.1) is 17.4 Å². The Hall–Kier alpha value is -3.16. The highest BCUT2D eigenvalue weighted by Crippen LogP contribution is 2.30. The van der Waals surface area contributed by atoms with Gasteiger partial charge in [-0.05, 0) is 55.5 Å². The molecule has 3 aromatic rings. The van der Waals surface area contributed by atoms with Crippen LogP contribution < -0.4 is 10.1 Å². The van der Waals surface area contributed by atoms with Gasteiger partial charge in [0, 0.05) is 13.1 Å². The molecular formula is C27H30N2O4S. The van der Waals surface area contributed by atoms with E-state index in [4.69, 9.17) is 4.74 Å². The molecule has 3 aromatic carbocycles. The zero-order chi connectivity index (χ0) is 23.8. The lowest BCUT2D eigenvalue weighted by molar-refractivity contribution is -0.120. The predicted octanol–water partition coefficient (Wildman–Crippen LogP) is 5.09. The molecule has 0 bridgehead atoms. The molecule has 0 aliphatic carbocycles. The van der Waals surface area contributed by atoms with Crippen molar-refractivity contribution in [2.45, 2.75) is 25.7 Å². The zero-order valence-electron chi connectivity index (χ0n) is 19.1. The van der Waals surface area contributed by atoms with Gasteiger partial charge in [0.15, 0.2) is 5.75 Å². The topological polar surface area (TPSA) is 75.7 Å². The number of carbonyl (C=O) groups excluding carboxylic acids is 1. The van der Waals surface area contributed by atoms with Crippen LogP contribution in [0.1, 0.15) is 24.8 Å². The number of piperidine rings is 1. The van der Waals surface area contributed by atoms with Gasteiger partial charge in [0.1, 0.15) is 5.75 Å². The zero-order valence-corrected chi connectivity index (χ0v) is 19.9. The van der Waals surface area contributed by atoms with Crippen LogP contribution in [0.3, 0.4) is 0 Å². The van der Waals surface area contributed by atoms with Crippen molar-refractivity contribution in [3.8, 4) is 11.5 Å². The van der Waals surface area contributed by atoms with Crippen molar-refractivity contribution in [3.63, 3.8) is 0 Å². The van der Waals surface area contributed by atoms with Crippen molar-refractivity contribution in [3.05, 3.63) is 90.5 Å². The van der Waals surface area contributed by atoms with E-state index in [9.17, 15) is 13.2 Å². The van der Waals surface area contributed by atoms with Crippen molar-refractivity contribution >= 4 is 21.6 Å². The van der Waals surface area contributed by atoms with Crippen LogP contribution in [-0.4, -0.2) is 37.5 Å². The number of benzene rings is 3. The molecule has 34 heavy (non-hydrogen) atoms. The summed E-state index contributed by atoms with van der Waals surface area (Å²) in [6.07, 6.45) is 2.60. The van der Waals surface area contributed by atoms with E-state index < -0.39 is 15.9 Å². The SMILES string of the molecule is O=C(Nc1ccccc1Oc1ccccc1)[C@H]1CCCN(S(=O)(=O)CCCc2ccccc2)C1. The Bertz CT molecular complexity index is 1180. The van der Waals surface area contributed by atoms with Gasteiger partial charge < -0.3 is 10.1 Å². The number of carbonyl (C=O) groups is 1. The Balaban J connectivity index is 1.35. The van der Waals surface area contributed by atoms with Gasteiger partial charge in [0.25, 0.3) is 0 Å². The molecule has 1 aliphatic rings. The Morgan fingerprint density at radius 2 is 1.62 bits per heavy atom. The normalized spacial score (nSPS) is 16.6. The number of hydrogen-bond donors (Lipinski definition) is 1. The van der Waals surface area contributed by atoms with E-state index in [1.54, 1.807) is 12.1 Å². The number of amides is 1. The standard InChI is InChI=1S/C27H30N2O4S/c30-27(28-25-17-7-8-18-26(25)33-24-15-5-2-6-16-24)23-14-9-19-29(21-23)34(31,32)20-10-13-22-11-3-1-4-12-22/h1-8,11-12,15-18,23H,9-10,13-14,19-21H2,(H,28,30)/t23-/m0/s1. The summed E-state index contributed by atoms with van der Waals surface area (Å²) in [6, 6.07) is 26.5. The van der Waals surface area contributed by atoms with E-state index in [1.165, 1.54) is 4.31 Å². The van der Waals surface area contributed by atoms with Crippen molar-refractivity contribution < 1.29 is 17.9 Å². The fourth-order valence-corrected chi connectivity index (χ4v) is 5.73. The third-order valence-corrected chi connectivity index (χ3v) is 7.90. The van der Waals surface area contributed by atoms with Crippen LogP contribution in [-0.2, 0) is 21.2 Å². The van der Waals surface area contributed by atoms with E-state index in [2.05, 4.69) is 5.32 Å². The van der Waals surface area contributed by atoms with Gasteiger partial charge in [-0.3, -0.25) is 4.79 Å². The summed E-state index contributed by atoms with van der Waals surface area (Å²) in [4.78, 5) is 13.1. The number of nitrogens with zero attached hydrogens (tertiary/aromatic N) is 1. The van der Waals surface area contributed by atoms with Crippen LogP contribution in [0.2, 0.25) is 0 Å². The Morgan fingerprint density at radius 3 is 2.38 bits per heavy atom. The number of para-hydroxylation sites is 3. The predicted molar refractivity (Wildman–Crippen MR) is 134 cm³/mol. The number of sulfonamides is 1. The lowest BCUT2D eigenvalue weighted by Crippen LogP contribution is -2.44. The summed E-state index contributed by atoms with van der Waals surface area (Å²) in [5.41, 5.74) is 1.70. The van der Waals surface area contributed by atoms with Gasteiger partial charge in [-0.2, -0.15) is 0 Å². The molecule has 1 heterocycles. The van der Waals surface area contributed by atoms with Crippen LogP contribution in [0.5, 0.6) is 11.5 Å². The molecular weight excluding hydrogens is 448 g/mol. The summed E-state index contributed by atoms with van der Waals surface area (Å²) >= 11 is 0. The highest BCUT2D eigenvalue weighted by molar-refractivity contribution is 7.89. The molecule has 0 saturated carbocycles. The van der Waals surface area contributed by atoms with Crippen molar-refractivity contribution in [2.75, 3.05) is 24.2 Å². The second-order valence-corrected chi connectivity index (χ2v) is 10.6. The van der Waals surface area contributed by atoms with Gasteiger partial charge in [-0.25, -0.2) is 12.7 Å². The minimum atomic E-state index is -3.41. The van der Waals surface area contributed by atoms with Gasteiger partial charge >= 0.3 is 0 Å². The van der Waals surface area contributed by atoms with E-state index in [0.29, 0.717) is 43.0 Å². The molecule has 1 amide bonds. The lowest BCUT2D eigenvalue weighted by Gasteiger charge is -2.31. The third-order valence-electron chi connectivity index (χ3n) is 5.97. The lowest BCUT2D eigenvalue weighted by atomic mass is 9.98. The van der Waals surface area contributed by atoms with Crippen LogP contribution in [0.15, 0.2) is 84.9 Å². The average Bonchev–Trinajstić information content (AvgIpc) is 2.86. The molecule has 1 atom stereocenters. The second kappa shape index (κ2) is 11.3. The molecule has 1 saturated heterocycles. The Labute approximate surface area is 201 Å². The molecule has 4 rings (SSSR count). The maximum absolute atomic E-state index is 13.1. The number of anilines is 1. The fourth-order valence-electron chi connectivity index (χ4n) is 4.15. The molecule has 1 aliphatic heterocycles. The van der Waals surface area contributed by atoms with E-state index >= 15 is 0 Å². The van der Waals surface area contributed by atoms with E-state index in [1.807, 2.05) is 72.8 Å². The summed E-state index contributed by atoms with van der Waals surface area (Å²) in [6.45, 7) is 0.673. The number of aryl methyl sites for hydroxylation is 1. The van der Waals surface area contributed by atoms with Crippen LogP contribution in [0.4, 0.5) is 5.69 Å². The minimum absolute atomic E-state index is 0.0873. The summed E-state index contributed by atoms with van der Waals surface area (Å²) < 4.78 is 33.3. The van der Waals surface area contributed by atoms with Gasteiger partial charge in [0.2, 0.25) is 15.9 Å². The summed E-state index contributed by atoms with van der Waals surface area (Å²) in [7, 11) is -3.41. The maximum Gasteiger partial charge on any atom is 0.228 e. The van der Waals surface area contributed by atoms with Crippen molar-refractivity contribution in [1.29, 1.82) is 0 Å². The number of hydrogen-bond acceptors (Lipinski definition) is 4. The van der Waals surface area contributed by atoms with Crippen molar-refractivity contribution in [1.82, 2.24) is 4.31 Å². The Morgan fingerprint density at radius 1 is 0.941 bits per heavy atom. The van der Waals surface area contributed by atoms with Gasteiger partial charge in [-0.1, -0.05) is 60.7 Å². The average molecular weight is 479 g/mol. The highest BCUT2D eigenvalue weighted by Gasteiger charge is 2.32. The molecule has 0 unspecified atom stereocenters. The smallest absolute Gasteiger partial charge is 0.228 e. The first kappa shape index (κ1) is 24.0. The van der Waals surface area contributed by atoms with E-state index in [0.717, 1.165) is 12.0 Å². The molecule has 178 valence electrons. The Kier molecular flexibility index (Phi) is 7.98. The van der Waals surface area contributed by atoms with Crippen LogP contribution in [0, 0.1) is 5.92 Å². The fraction of sp³-hybridized carbons (Fsp3) is 0.296.